The first-order valence-corrected chi connectivity index (χ1v) is 11.9. The quantitative estimate of drug-likeness (QED) is 0.776. The Labute approximate surface area is 181 Å². The van der Waals surface area contributed by atoms with Gasteiger partial charge in [-0.25, -0.2) is 0 Å². The predicted octanol–water partition coefficient (Wildman–Crippen LogP) is 3.26. The zero-order valence-electron chi connectivity index (χ0n) is 18.4. The number of likely N-dealkylation sites (tertiary alicyclic amines) is 1. The van der Waals surface area contributed by atoms with Gasteiger partial charge in [-0.2, -0.15) is 0 Å². The lowest BCUT2D eigenvalue weighted by atomic mass is 9.74. The molecule has 1 aromatic rings. The number of aliphatic hydroxyl groups is 1. The van der Waals surface area contributed by atoms with E-state index in [0.717, 1.165) is 84.2 Å². The van der Waals surface area contributed by atoms with E-state index in [0.29, 0.717) is 12.5 Å². The SMILES string of the molecule is O=C(N1CCCC(CO)(CCc2ccccc2)C1)C1(N2CCOCC2)CCCCC1. The number of rotatable bonds is 6. The van der Waals surface area contributed by atoms with Gasteiger partial charge in [0.15, 0.2) is 0 Å². The third-order valence-electron chi connectivity index (χ3n) is 7.77. The standard InChI is InChI=1S/C25H38N2O3/c28-21-24(14-10-22-8-3-1-4-9-22)11-7-15-26(20-24)23(29)25(12-5-2-6-13-25)27-16-18-30-19-17-27/h1,3-4,8-9,28H,2,5-7,10-21H2. The number of morpholine rings is 1. The van der Waals surface area contributed by atoms with Crippen molar-refractivity contribution in [3.8, 4) is 0 Å². The molecule has 1 saturated carbocycles. The van der Waals surface area contributed by atoms with Gasteiger partial charge in [-0.1, -0.05) is 49.6 Å². The Morgan fingerprint density at radius 3 is 2.40 bits per heavy atom. The molecule has 3 fully saturated rings. The van der Waals surface area contributed by atoms with Crippen molar-refractivity contribution in [3.05, 3.63) is 35.9 Å². The molecule has 1 N–H and O–H groups in total. The molecule has 2 heterocycles. The van der Waals surface area contributed by atoms with Gasteiger partial charge in [0, 0.05) is 31.6 Å². The minimum Gasteiger partial charge on any atom is -0.396 e. The van der Waals surface area contributed by atoms with Gasteiger partial charge in [-0.3, -0.25) is 9.69 Å². The second-order valence-electron chi connectivity index (χ2n) is 9.67. The first kappa shape index (κ1) is 21.8. The molecule has 3 aliphatic rings. The summed E-state index contributed by atoms with van der Waals surface area (Å²) in [5.74, 6) is 0.321. The Bertz CT molecular complexity index is 683. The molecular weight excluding hydrogens is 376 g/mol. The van der Waals surface area contributed by atoms with E-state index in [2.05, 4.69) is 34.1 Å². The van der Waals surface area contributed by atoms with Crippen molar-refractivity contribution < 1.29 is 14.6 Å². The summed E-state index contributed by atoms with van der Waals surface area (Å²) < 4.78 is 5.59. The number of benzene rings is 1. The van der Waals surface area contributed by atoms with Gasteiger partial charge in [0.25, 0.3) is 0 Å². The number of amides is 1. The molecule has 4 rings (SSSR count). The highest BCUT2D eigenvalue weighted by Gasteiger charge is 2.49. The monoisotopic (exact) mass is 414 g/mol. The number of aliphatic hydroxyl groups excluding tert-OH is 1. The fourth-order valence-electron chi connectivity index (χ4n) is 5.94. The average Bonchev–Trinajstić information content (AvgIpc) is 2.84. The lowest BCUT2D eigenvalue weighted by Crippen LogP contribution is -2.64. The first-order valence-electron chi connectivity index (χ1n) is 11.9. The normalized spacial score (nSPS) is 27.7. The van der Waals surface area contributed by atoms with Gasteiger partial charge in [0.05, 0.1) is 19.8 Å². The van der Waals surface area contributed by atoms with Gasteiger partial charge in [-0.05, 0) is 44.1 Å². The molecule has 30 heavy (non-hydrogen) atoms. The van der Waals surface area contributed by atoms with Crippen LogP contribution in [0.1, 0.15) is 56.9 Å². The third kappa shape index (κ3) is 4.58. The summed E-state index contributed by atoms with van der Waals surface area (Å²) in [7, 11) is 0. The van der Waals surface area contributed by atoms with E-state index in [9.17, 15) is 9.90 Å². The molecule has 1 atom stereocenters. The van der Waals surface area contributed by atoms with Crippen LogP contribution in [-0.4, -0.2) is 72.4 Å². The van der Waals surface area contributed by atoms with E-state index >= 15 is 0 Å². The number of ether oxygens (including phenoxy) is 1. The number of carbonyl (C=O) groups is 1. The summed E-state index contributed by atoms with van der Waals surface area (Å²) in [4.78, 5) is 18.6. The fraction of sp³-hybridized carbons (Fsp3) is 0.720. The van der Waals surface area contributed by atoms with Crippen molar-refractivity contribution in [1.29, 1.82) is 0 Å². The zero-order valence-corrected chi connectivity index (χ0v) is 18.4. The maximum atomic E-state index is 14.0. The Kier molecular flexibility index (Phi) is 7.12. The minimum atomic E-state index is -0.347. The van der Waals surface area contributed by atoms with E-state index in [1.807, 2.05) is 6.07 Å². The van der Waals surface area contributed by atoms with Gasteiger partial charge in [-0.15, -0.1) is 0 Å². The summed E-state index contributed by atoms with van der Waals surface area (Å²) in [6.45, 7) is 4.87. The Balaban J connectivity index is 1.49. The van der Waals surface area contributed by atoms with Crippen LogP contribution in [0.25, 0.3) is 0 Å². The molecular formula is C25H38N2O3. The van der Waals surface area contributed by atoms with Gasteiger partial charge in [0.2, 0.25) is 5.91 Å². The summed E-state index contributed by atoms with van der Waals surface area (Å²) in [5, 5.41) is 10.4. The van der Waals surface area contributed by atoms with E-state index in [1.54, 1.807) is 0 Å². The predicted molar refractivity (Wildman–Crippen MR) is 118 cm³/mol. The highest BCUT2D eigenvalue weighted by Crippen LogP contribution is 2.40. The molecule has 5 nitrogen and oxygen atoms in total. The second-order valence-corrected chi connectivity index (χ2v) is 9.67. The van der Waals surface area contributed by atoms with Crippen molar-refractivity contribution >= 4 is 5.91 Å². The number of hydrogen-bond acceptors (Lipinski definition) is 4. The topological polar surface area (TPSA) is 53.0 Å². The zero-order chi connectivity index (χ0) is 20.9. The summed E-state index contributed by atoms with van der Waals surface area (Å²) in [5.41, 5.74) is 0.788. The first-order chi connectivity index (χ1) is 14.7. The Morgan fingerprint density at radius 1 is 0.967 bits per heavy atom. The van der Waals surface area contributed by atoms with Crippen LogP contribution in [-0.2, 0) is 16.0 Å². The van der Waals surface area contributed by atoms with Crippen LogP contribution in [0.3, 0.4) is 0 Å². The van der Waals surface area contributed by atoms with Crippen LogP contribution in [0.15, 0.2) is 30.3 Å². The number of hydrogen-bond donors (Lipinski definition) is 1. The largest absolute Gasteiger partial charge is 0.396 e. The summed E-state index contributed by atoms with van der Waals surface area (Å²) in [6.07, 6.45) is 9.32. The van der Waals surface area contributed by atoms with Crippen LogP contribution in [0, 0.1) is 5.41 Å². The Hall–Kier alpha value is -1.43. The fourth-order valence-corrected chi connectivity index (χ4v) is 5.94. The van der Waals surface area contributed by atoms with Gasteiger partial charge >= 0.3 is 0 Å². The molecule has 0 aromatic heterocycles. The number of nitrogens with zero attached hydrogens (tertiary/aromatic N) is 2. The molecule has 166 valence electrons. The summed E-state index contributed by atoms with van der Waals surface area (Å²) in [6, 6.07) is 10.5. The second kappa shape index (κ2) is 9.80. The molecule has 1 amide bonds. The molecule has 2 aliphatic heterocycles. The van der Waals surface area contributed by atoms with E-state index in [1.165, 1.54) is 12.0 Å². The smallest absolute Gasteiger partial charge is 0.243 e. The van der Waals surface area contributed by atoms with Crippen molar-refractivity contribution in [1.82, 2.24) is 9.80 Å². The maximum Gasteiger partial charge on any atom is 0.243 e. The van der Waals surface area contributed by atoms with Crippen molar-refractivity contribution in [2.24, 2.45) is 5.41 Å². The number of carbonyl (C=O) groups excluding carboxylic acids is 1. The van der Waals surface area contributed by atoms with Crippen LogP contribution >= 0.6 is 0 Å². The van der Waals surface area contributed by atoms with Crippen LogP contribution in [0.4, 0.5) is 0 Å². The van der Waals surface area contributed by atoms with Gasteiger partial charge in [0.1, 0.15) is 5.54 Å². The van der Waals surface area contributed by atoms with Crippen molar-refractivity contribution in [2.45, 2.75) is 63.3 Å². The summed E-state index contributed by atoms with van der Waals surface area (Å²) >= 11 is 0. The van der Waals surface area contributed by atoms with Crippen LogP contribution in [0.5, 0.6) is 0 Å². The highest BCUT2D eigenvalue weighted by atomic mass is 16.5. The minimum absolute atomic E-state index is 0.161. The van der Waals surface area contributed by atoms with E-state index < -0.39 is 0 Å². The van der Waals surface area contributed by atoms with Gasteiger partial charge < -0.3 is 14.7 Å². The molecule has 0 spiro atoms. The molecule has 1 aliphatic carbocycles. The third-order valence-corrected chi connectivity index (χ3v) is 7.77. The lowest BCUT2D eigenvalue weighted by Gasteiger charge is -2.51. The molecule has 5 heteroatoms. The lowest BCUT2D eigenvalue weighted by molar-refractivity contribution is -0.155. The molecule has 1 unspecified atom stereocenters. The van der Waals surface area contributed by atoms with Crippen LogP contribution in [0.2, 0.25) is 0 Å². The highest BCUT2D eigenvalue weighted by molar-refractivity contribution is 5.86. The van der Waals surface area contributed by atoms with E-state index in [-0.39, 0.29) is 17.6 Å². The Morgan fingerprint density at radius 2 is 1.70 bits per heavy atom. The molecule has 0 radical (unpaired) electrons. The van der Waals surface area contributed by atoms with E-state index in [4.69, 9.17) is 4.74 Å². The molecule has 2 saturated heterocycles. The number of aryl methyl sites for hydroxylation is 1. The van der Waals surface area contributed by atoms with Crippen molar-refractivity contribution in [2.75, 3.05) is 46.0 Å². The maximum absolute atomic E-state index is 14.0. The average molecular weight is 415 g/mol. The van der Waals surface area contributed by atoms with Crippen molar-refractivity contribution in [3.63, 3.8) is 0 Å². The molecule has 0 bridgehead atoms. The van der Waals surface area contributed by atoms with Crippen LogP contribution < -0.4 is 0 Å². The molecule has 1 aromatic carbocycles. The number of piperidine rings is 1.